The minimum absolute atomic E-state index is 0.0305. The van der Waals surface area contributed by atoms with Crippen LogP contribution in [0.15, 0.2) is 30.7 Å². The van der Waals surface area contributed by atoms with Crippen LogP contribution in [0.2, 0.25) is 0 Å². The number of nitrogens with one attached hydrogen (secondary N) is 2. The van der Waals surface area contributed by atoms with Gasteiger partial charge in [0.15, 0.2) is 17.4 Å². The molecule has 0 aromatic carbocycles. The van der Waals surface area contributed by atoms with E-state index in [2.05, 4.69) is 30.7 Å². The molecule has 3 aromatic rings. The van der Waals surface area contributed by atoms with E-state index in [-0.39, 0.29) is 18.7 Å². The van der Waals surface area contributed by atoms with Gasteiger partial charge in [0.05, 0.1) is 19.5 Å². The quantitative estimate of drug-likeness (QED) is 0.641. The molecule has 3 rings (SSSR count). The van der Waals surface area contributed by atoms with Gasteiger partial charge in [-0.25, -0.2) is 13.2 Å². The number of ether oxygens (including phenoxy) is 1. The van der Waals surface area contributed by atoms with Gasteiger partial charge in [-0.05, 0) is 24.1 Å². The number of aromatic amines is 1. The molecule has 0 unspecified atom stereocenters. The minimum Gasteiger partial charge on any atom is -0.491 e. The maximum Gasteiger partial charge on any atom is 0.283 e. The number of anilines is 1. The second kappa shape index (κ2) is 8.46. The summed E-state index contributed by atoms with van der Waals surface area (Å²) in [5, 5.41) is 16.8. The molecule has 0 saturated carbocycles. The van der Waals surface area contributed by atoms with E-state index in [1.807, 2.05) is 0 Å². The average molecular weight is 392 g/mol. The number of H-pyrrole nitrogens is 1. The van der Waals surface area contributed by atoms with Gasteiger partial charge in [0.2, 0.25) is 5.91 Å². The molecule has 0 radical (unpaired) electrons. The summed E-state index contributed by atoms with van der Waals surface area (Å²) in [5.41, 5.74) is 0.601. The Balaban J connectivity index is 1.66. The van der Waals surface area contributed by atoms with E-state index in [1.165, 1.54) is 19.5 Å². The maximum atomic E-state index is 13.6. The Bertz CT molecular complexity index is 965. The predicted molar refractivity (Wildman–Crippen MR) is 92.3 cm³/mol. The number of alkyl halides is 2. The van der Waals surface area contributed by atoms with Crippen LogP contribution in [0.5, 0.6) is 5.75 Å². The molecule has 0 bridgehead atoms. The molecule has 0 spiro atoms. The van der Waals surface area contributed by atoms with Crippen molar-refractivity contribution in [2.45, 2.75) is 19.3 Å². The summed E-state index contributed by atoms with van der Waals surface area (Å²) >= 11 is 0. The van der Waals surface area contributed by atoms with Crippen molar-refractivity contribution >= 4 is 11.7 Å². The number of carbonyl (C=O) groups excluding carboxylic acids is 1. The lowest BCUT2D eigenvalue weighted by Gasteiger charge is -2.07. The molecule has 0 aliphatic heterocycles. The molecule has 8 nitrogen and oxygen atoms in total. The lowest BCUT2D eigenvalue weighted by atomic mass is 10.1. The number of halogens is 3. The topological polar surface area (TPSA) is 106 Å². The molecule has 3 heterocycles. The molecule has 0 aliphatic carbocycles. The van der Waals surface area contributed by atoms with Gasteiger partial charge in [0.25, 0.3) is 6.43 Å². The summed E-state index contributed by atoms with van der Waals surface area (Å²) in [6.45, 7) is 0. The first kappa shape index (κ1) is 19.3. The van der Waals surface area contributed by atoms with E-state index in [0.29, 0.717) is 22.6 Å². The zero-order valence-electron chi connectivity index (χ0n) is 14.6. The molecular formula is C17H15F3N6O2. The van der Waals surface area contributed by atoms with Crippen molar-refractivity contribution < 1.29 is 22.7 Å². The van der Waals surface area contributed by atoms with Crippen LogP contribution < -0.4 is 10.1 Å². The van der Waals surface area contributed by atoms with Crippen LogP contribution in [0.3, 0.4) is 0 Å². The molecular weight excluding hydrogens is 377 g/mol. The highest BCUT2D eigenvalue weighted by Crippen LogP contribution is 2.33. The van der Waals surface area contributed by atoms with Crippen LogP contribution in [0.1, 0.15) is 24.1 Å². The van der Waals surface area contributed by atoms with Crippen molar-refractivity contribution in [3.63, 3.8) is 0 Å². The largest absolute Gasteiger partial charge is 0.491 e. The number of nitrogens with zero attached hydrogens (tertiary/aromatic N) is 4. The van der Waals surface area contributed by atoms with Gasteiger partial charge in [-0.15, -0.1) is 0 Å². The van der Waals surface area contributed by atoms with Crippen molar-refractivity contribution in [3.8, 4) is 17.0 Å². The van der Waals surface area contributed by atoms with Crippen LogP contribution in [-0.4, -0.2) is 38.4 Å². The zero-order valence-corrected chi connectivity index (χ0v) is 14.6. The number of hydrogen-bond donors (Lipinski definition) is 2. The first-order valence-corrected chi connectivity index (χ1v) is 8.11. The molecule has 2 N–H and O–H groups in total. The first-order chi connectivity index (χ1) is 13.5. The van der Waals surface area contributed by atoms with Crippen LogP contribution in [-0.2, 0) is 11.2 Å². The first-order valence-electron chi connectivity index (χ1n) is 8.11. The Morgan fingerprint density at radius 3 is 2.79 bits per heavy atom. The molecule has 0 fully saturated rings. The standard InChI is InChI=1S/C17H15F3N6O2/c1-28-15-13(10-4-5-22-23-8-10)25-26-17(15)24-12(27)3-2-9-6-11(18)14(16(19)20)21-7-9/h4-8,16H,2-3H2,1H3,(H2,24,25,26,27). The number of rotatable bonds is 7. The Hall–Kier alpha value is -3.50. The highest BCUT2D eigenvalue weighted by Gasteiger charge is 2.19. The number of carbonyl (C=O) groups is 1. The third-order valence-electron chi connectivity index (χ3n) is 3.83. The summed E-state index contributed by atoms with van der Waals surface area (Å²) in [6, 6.07) is 2.64. The van der Waals surface area contributed by atoms with Gasteiger partial charge in [-0.3, -0.25) is 14.9 Å². The van der Waals surface area contributed by atoms with Crippen LogP contribution >= 0.6 is 0 Å². The van der Waals surface area contributed by atoms with Gasteiger partial charge in [0, 0.05) is 18.2 Å². The Morgan fingerprint density at radius 1 is 1.32 bits per heavy atom. The summed E-state index contributed by atoms with van der Waals surface area (Å²) < 4.78 is 43.9. The van der Waals surface area contributed by atoms with E-state index in [9.17, 15) is 18.0 Å². The lowest BCUT2D eigenvalue weighted by Crippen LogP contribution is -2.13. The van der Waals surface area contributed by atoms with E-state index >= 15 is 0 Å². The number of aromatic nitrogens is 5. The zero-order chi connectivity index (χ0) is 20.1. The number of amides is 1. The Morgan fingerprint density at radius 2 is 2.14 bits per heavy atom. The van der Waals surface area contributed by atoms with Crippen molar-refractivity contribution in [2.75, 3.05) is 12.4 Å². The molecule has 28 heavy (non-hydrogen) atoms. The fourth-order valence-corrected chi connectivity index (χ4v) is 2.49. The second-order valence-electron chi connectivity index (χ2n) is 5.67. The maximum absolute atomic E-state index is 13.6. The van der Waals surface area contributed by atoms with Gasteiger partial charge in [-0.1, -0.05) is 0 Å². The third kappa shape index (κ3) is 4.24. The smallest absolute Gasteiger partial charge is 0.283 e. The van der Waals surface area contributed by atoms with Crippen molar-refractivity contribution in [3.05, 3.63) is 47.8 Å². The number of aryl methyl sites for hydroxylation is 1. The van der Waals surface area contributed by atoms with Crippen molar-refractivity contribution in [2.24, 2.45) is 0 Å². The summed E-state index contributed by atoms with van der Waals surface area (Å²) in [7, 11) is 1.43. The molecule has 11 heteroatoms. The normalized spacial score (nSPS) is 10.9. The summed E-state index contributed by atoms with van der Waals surface area (Å²) in [4.78, 5) is 15.6. The van der Waals surface area contributed by atoms with Gasteiger partial charge < -0.3 is 10.1 Å². The molecule has 3 aromatic heterocycles. The minimum atomic E-state index is -2.99. The summed E-state index contributed by atoms with van der Waals surface area (Å²) in [5.74, 6) is -1.02. The summed E-state index contributed by atoms with van der Waals surface area (Å²) in [6.07, 6.45) is 1.23. The third-order valence-corrected chi connectivity index (χ3v) is 3.83. The number of methoxy groups -OCH3 is 1. The van der Waals surface area contributed by atoms with Crippen molar-refractivity contribution in [1.29, 1.82) is 0 Å². The van der Waals surface area contributed by atoms with Crippen LogP contribution in [0, 0.1) is 5.82 Å². The second-order valence-corrected chi connectivity index (χ2v) is 5.67. The molecule has 0 aliphatic rings. The van der Waals surface area contributed by atoms with Gasteiger partial charge in [-0.2, -0.15) is 15.3 Å². The van der Waals surface area contributed by atoms with Crippen molar-refractivity contribution in [1.82, 2.24) is 25.4 Å². The Kier molecular flexibility index (Phi) is 5.82. The highest BCUT2D eigenvalue weighted by molar-refractivity contribution is 5.92. The van der Waals surface area contributed by atoms with Gasteiger partial charge >= 0.3 is 0 Å². The molecule has 1 amide bonds. The highest BCUT2D eigenvalue weighted by atomic mass is 19.3. The van der Waals surface area contributed by atoms with E-state index in [0.717, 1.165) is 12.3 Å². The van der Waals surface area contributed by atoms with E-state index in [1.54, 1.807) is 6.07 Å². The van der Waals surface area contributed by atoms with Gasteiger partial charge in [0.1, 0.15) is 11.4 Å². The van der Waals surface area contributed by atoms with E-state index in [4.69, 9.17) is 4.74 Å². The lowest BCUT2D eigenvalue weighted by molar-refractivity contribution is -0.116. The molecule has 0 saturated heterocycles. The predicted octanol–water partition coefficient (Wildman–Crippen LogP) is 2.92. The van der Waals surface area contributed by atoms with E-state index < -0.39 is 23.8 Å². The Labute approximate surface area is 157 Å². The molecule has 0 atom stereocenters. The monoisotopic (exact) mass is 392 g/mol. The SMILES string of the molecule is COc1c(NC(=O)CCc2cnc(C(F)F)c(F)c2)n[nH]c1-c1ccnnc1. The van der Waals surface area contributed by atoms with Crippen LogP contribution in [0.25, 0.3) is 11.3 Å². The number of pyridine rings is 1. The number of hydrogen-bond acceptors (Lipinski definition) is 6. The van der Waals surface area contributed by atoms with Crippen LogP contribution in [0.4, 0.5) is 19.0 Å². The average Bonchev–Trinajstić information content (AvgIpc) is 3.09. The molecule has 146 valence electrons. The fraction of sp³-hybridized carbons (Fsp3) is 0.235. The fourth-order valence-electron chi connectivity index (χ4n) is 2.49.